The summed E-state index contributed by atoms with van der Waals surface area (Å²) in [5.74, 6) is 0. The highest BCUT2D eigenvalue weighted by Crippen LogP contribution is 2.41. The summed E-state index contributed by atoms with van der Waals surface area (Å²) in [7, 11) is -3.55. The lowest BCUT2D eigenvalue weighted by molar-refractivity contribution is 0.248. The van der Waals surface area contributed by atoms with Gasteiger partial charge in [-0.2, -0.15) is 0 Å². The zero-order valence-corrected chi connectivity index (χ0v) is 9.90. The fourth-order valence-electron chi connectivity index (χ4n) is 1.10. The van der Waals surface area contributed by atoms with Gasteiger partial charge in [-0.15, -0.1) is 6.58 Å². The van der Waals surface area contributed by atoms with Crippen LogP contribution in [0.3, 0.4) is 0 Å². The molecule has 0 bridgehead atoms. The average molecular weight is 241 g/mol. The van der Waals surface area contributed by atoms with Crippen molar-refractivity contribution in [1.29, 1.82) is 0 Å². The van der Waals surface area contributed by atoms with Crippen LogP contribution >= 0.6 is 7.60 Å². The van der Waals surface area contributed by atoms with Crippen molar-refractivity contribution in [2.75, 3.05) is 12.8 Å². The van der Waals surface area contributed by atoms with E-state index in [9.17, 15) is 9.46 Å². The van der Waals surface area contributed by atoms with Crippen LogP contribution in [0.1, 0.15) is 5.56 Å². The van der Waals surface area contributed by atoms with Crippen LogP contribution in [0.15, 0.2) is 43.0 Å². The second-order valence-corrected chi connectivity index (χ2v) is 5.15. The highest BCUT2D eigenvalue weighted by Gasteiger charge is 2.17. The number of hydrogen-bond donors (Lipinski definition) is 2. The van der Waals surface area contributed by atoms with Crippen LogP contribution in [0.25, 0.3) is 0 Å². The van der Waals surface area contributed by atoms with Crippen LogP contribution in [0, 0.1) is 0 Å². The molecule has 16 heavy (non-hydrogen) atoms. The largest absolute Gasteiger partial charge is 0.342 e. The first-order valence-corrected chi connectivity index (χ1v) is 6.72. The number of nitrogens with one attached hydrogen (secondary N) is 1. The Labute approximate surface area is 95.5 Å². The van der Waals surface area contributed by atoms with Gasteiger partial charge in [0.2, 0.25) is 0 Å². The van der Waals surface area contributed by atoms with E-state index in [-0.39, 0.29) is 12.9 Å². The van der Waals surface area contributed by atoms with Crippen molar-refractivity contribution in [3.05, 3.63) is 48.6 Å². The van der Waals surface area contributed by atoms with Crippen molar-refractivity contribution < 1.29 is 14.0 Å². The monoisotopic (exact) mass is 241 g/mol. The molecule has 4 nitrogen and oxygen atoms in total. The maximum Gasteiger partial charge on any atom is 0.342 e. The first-order valence-electron chi connectivity index (χ1n) is 4.96. The van der Waals surface area contributed by atoms with E-state index in [1.54, 1.807) is 6.08 Å². The fraction of sp³-hybridized carbons (Fsp3) is 0.273. The molecule has 0 heterocycles. The van der Waals surface area contributed by atoms with Gasteiger partial charge >= 0.3 is 7.60 Å². The highest BCUT2D eigenvalue weighted by molar-refractivity contribution is 7.52. The predicted molar refractivity (Wildman–Crippen MR) is 64.1 cm³/mol. The maximum atomic E-state index is 11.5. The Morgan fingerprint density at radius 3 is 2.75 bits per heavy atom. The Kier molecular flexibility index (Phi) is 5.43. The topological polar surface area (TPSA) is 58.6 Å². The normalized spacial score (nSPS) is 14.3. The Morgan fingerprint density at radius 1 is 1.44 bits per heavy atom. The summed E-state index contributed by atoms with van der Waals surface area (Å²) in [4.78, 5) is 9.44. The van der Waals surface area contributed by atoms with Gasteiger partial charge in [-0.05, 0) is 5.56 Å². The summed E-state index contributed by atoms with van der Waals surface area (Å²) in [6.07, 6.45) is 1.56. The zero-order valence-electron chi connectivity index (χ0n) is 9.00. The van der Waals surface area contributed by atoms with Crippen LogP contribution in [0.5, 0.6) is 0 Å². The molecule has 0 saturated carbocycles. The van der Waals surface area contributed by atoms with Crippen LogP contribution in [0.2, 0.25) is 0 Å². The lowest BCUT2D eigenvalue weighted by Gasteiger charge is -2.12. The molecule has 0 aromatic heterocycles. The zero-order chi connectivity index (χ0) is 11.9. The molecule has 0 amide bonds. The fourth-order valence-corrected chi connectivity index (χ4v) is 1.96. The molecule has 1 unspecified atom stereocenters. The van der Waals surface area contributed by atoms with E-state index in [1.165, 1.54) is 0 Å². The second kappa shape index (κ2) is 6.61. The molecular weight excluding hydrogens is 225 g/mol. The van der Waals surface area contributed by atoms with Gasteiger partial charge in [-0.3, -0.25) is 4.57 Å². The maximum absolute atomic E-state index is 11.5. The van der Waals surface area contributed by atoms with E-state index in [0.29, 0.717) is 6.54 Å². The van der Waals surface area contributed by atoms with Crippen LogP contribution in [-0.4, -0.2) is 17.7 Å². The molecule has 2 N–H and O–H groups in total. The van der Waals surface area contributed by atoms with E-state index in [0.717, 1.165) is 5.56 Å². The van der Waals surface area contributed by atoms with E-state index in [2.05, 4.69) is 11.9 Å². The van der Waals surface area contributed by atoms with Crippen molar-refractivity contribution >= 4 is 7.60 Å². The first-order chi connectivity index (χ1) is 7.64. The van der Waals surface area contributed by atoms with Gasteiger partial charge < -0.3 is 14.7 Å². The second-order valence-electron chi connectivity index (χ2n) is 3.30. The smallest absolute Gasteiger partial charge is 0.323 e. The van der Waals surface area contributed by atoms with Crippen molar-refractivity contribution in [2.24, 2.45) is 0 Å². The third-order valence-corrected chi connectivity index (χ3v) is 3.03. The summed E-state index contributed by atoms with van der Waals surface area (Å²) < 4.78 is 16.5. The van der Waals surface area contributed by atoms with E-state index < -0.39 is 7.60 Å². The summed E-state index contributed by atoms with van der Waals surface area (Å²) >= 11 is 0. The van der Waals surface area contributed by atoms with Crippen molar-refractivity contribution in [2.45, 2.75) is 6.61 Å². The van der Waals surface area contributed by atoms with Gasteiger partial charge in [-0.1, -0.05) is 36.4 Å². The van der Waals surface area contributed by atoms with E-state index in [4.69, 9.17) is 4.52 Å². The van der Waals surface area contributed by atoms with Crippen molar-refractivity contribution in [3.8, 4) is 0 Å². The van der Waals surface area contributed by atoms with Crippen molar-refractivity contribution in [1.82, 2.24) is 5.32 Å². The third kappa shape index (κ3) is 5.24. The molecule has 0 aliphatic rings. The van der Waals surface area contributed by atoms with Crippen molar-refractivity contribution in [3.63, 3.8) is 0 Å². The highest BCUT2D eigenvalue weighted by atomic mass is 31.2. The van der Waals surface area contributed by atoms with Crippen LogP contribution in [0.4, 0.5) is 0 Å². The van der Waals surface area contributed by atoms with Gasteiger partial charge in [-0.25, -0.2) is 0 Å². The molecule has 0 aliphatic carbocycles. The van der Waals surface area contributed by atoms with Gasteiger partial charge in [0, 0.05) is 6.54 Å². The molecular formula is C11H16NO3P. The summed E-state index contributed by atoms with van der Waals surface area (Å²) in [6, 6.07) is 9.29. The van der Waals surface area contributed by atoms with E-state index in [1.807, 2.05) is 30.3 Å². The first kappa shape index (κ1) is 13.1. The minimum atomic E-state index is -3.55. The molecule has 0 fully saturated rings. The minimum absolute atomic E-state index is 0.0636. The minimum Gasteiger partial charge on any atom is -0.323 e. The molecule has 88 valence electrons. The summed E-state index contributed by atoms with van der Waals surface area (Å²) in [5.41, 5.74) is 0.875. The molecule has 0 saturated heterocycles. The number of benzene rings is 1. The van der Waals surface area contributed by atoms with Gasteiger partial charge in [0.05, 0.1) is 12.9 Å². The number of rotatable bonds is 7. The van der Waals surface area contributed by atoms with Crippen LogP contribution < -0.4 is 5.32 Å². The average Bonchev–Trinajstić information content (AvgIpc) is 2.28. The van der Waals surface area contributed by atoms with Gasteiger partial charge in [0.25, 0.3) is 0 Å². The third-order valence-electron chi connectivity index (χ3n) is 1.88. The molecule has 1 rings (SSSR count). The standard InChI is InChI=1S/C11H16NO3P/c1-2-8-12-10-16(13,14)15-9-11-6-4-3-5-7-11/h2-7,12H,1,8-10H2,(H,13,14). The predicted octanol–water partition coefficient (Wildman–Crippen LogP) is 2.12. The van der Waals surface area contributed by atoms with E-state index >= 15 is 0 Å². The molecule has 0 aliphatic heterocycles. The van der Waals surface area contributed by atoms with Gasteiger partial charge in [0.15, 0.2) is 0 Å². The summed E-state index contributed by atoms with van der Waals surface area (Å²) in [5, 5.41) is 2.76. The van der Waals surface area contributed by atoms with Gasteiger partial charge in [0.1, 0.15) is 0 Å². The number of hydrogen-bond acceptors (Lipinski definition) is 3. The Balaban J connectivity index is 2.36. The quantitative estimate of drug-likeness (QED) is 0.436. The Morgan fingerprint density at radius 2 is 2.12 bits per heavy atom. The molecule has 1 aromatic rings. The summed E-state index contributed by atoms with van der Waals surface area (Å²) in [6.45, 7) is 4.13. The Hall–Kier alpha value is -0.930. The SMILES string of the molecule is C=CCNCP(=O)(O)OCc1ccccc1. The molecule has 0 spiro atoms. The lowest BCUT2D eigenvalue weighted by atomic mass is 10.2. The molecule has 1 aromatic carbocycles. The molecule has 1 atom stereocenters. The molecule has 0 radical (unpaired) electrons. The Bertz CT molecular complexity index is 367. The lowest BCUT2D eigenvalue weighted by Crippen LogP contribution is -2.16. The molecule has 5 heteroatoms. The van der Waals surface area contributed by atoms with Crippen LogP contribution in [-0.2, 0) is 15.7 Å².